The van der Waals surface area contributed by atoms with Crippen molar-refractivity contribution in [3.63, 3.8) is 0 Å². The topological polar surface area (TPSA) is 83.5 Å². The van der Waals surface area contributed by atoms with Gasteiger partial charge >= 0.3 is 5.97 Å². The van der Waals surface area contributed by atoms with E-state index in [1.807, 2.05) is 0 Å². The van der Waals surface area contributed by atoms with Gasteiger partial charge in [-0.15, -0.1) is 0 Å². The first-order chi connectivity index (χ1) is 7.77. The van der Waals surface area contributed by atoms with E-state index in [0.717, 1.165) is 0 Å². The fourth-order valence-electron chi connectivity index (χ4n) is 1.44. The van der Waals surface area contributed by atoms with Crippen molar-refractivity contribution in [1.82, 2.24) is 0 Å². The van der Waals surface area contributed by atoms with Gasteiger partial charge in [0.2, 0.25) is 0 Å². The third-order valence-electron chi connectivity index (χ3n) is 2.45. The van der Waals surface area contributed by atoms with Gasteiger partial charge in [0.15, 0.2) is 0 Å². The molecule has 1 rings (SSSR count). The molecule has 0 spiro atoms. The lowest BCUT2D eigenvalue weighted by atomic mass is 9.91. The maximum atomic E-state index is 12.8. The number of carboxylic acids is 1. The maximum absolute atomic E-state index is 12.8. The molecule has 0 saturated heterocycles. The number of nitrogens with two attached hydrogens (primary N) is 1. The Hall–Kier alpha value is -1.33. The lowest BCUT2D eigenvalue weighted by Crippen LogP contribution is -2.47. The van der Waals surface area contributed by atoms with E-state index in [2.05, 4.69) is 0 Å². The molecule has 0 aliphatic heterocycles. The SMILES string of the molecule is C[C@](N)(Cc1c(Cl)cc(O)cc1CF)C(=O)O. The molecule has 6 heteroatoms. The minimum atomic E-state index is -1.54. The highest BCUT2D eigenvalue weighted by molar-refractivity contribution is 6.31. The van der Waals surface area contributed by atoms with Crippen molar-refractivity contribution in [3.05, 3.63) is 28.3 Å². The van der Waals surface area contributed by atoms with Gasteiger partial charge in [-0.2, -0.15) is 0 Å². The van der Waals surface area contributed by atoms with Crippen molar-refractivity contribution >= 4 is 17.6 Å². The molecule has 0 heterocycles. The van der Waals surface area contributed by atoms with Gasteiger partial charge in [-0.3, -0.25) is 4.79 Å². The van der Waals surface area contributed by atoms with Crippen LogP contribution in [0.1, 0.15) is 18.1 Å². The Morgan fingerprint density at radius 1 is 1.59 bits per heavy atom. The standard InChI is InChI=1S/C11H13ClFNO3/c1-11(14,10(16)17)4-8-6(5-13)2-7(15)3-9(8)12/h2-3,15H,4-5,14H2,1H3,(H,16,17)/t11-/m0/s1. The van der Waals surface area contributed by atoms with E-state index in [0.29, 0.717) is 5.56 Å². The molecule has 0 amide bonds. The first kappa shape index (κ1) is 13.7. The van der Waals surface area contributed by atoms with E-state index in [1.165, 1.54) is 19.1 Å². The van der Waals surface area contributed by atoms with Crippen LogP contribution in [0.2, 0.25) is 5.02 Å². The van der Waals surface area contributed by atoms with E-state index < -0.39 is 18.2 Å². The lowest BCUT2D eigenvalue weighted by molar-refractivity contribution is -0.142. The highest BCUT2D eigenvalue weighted by atomic mass is 35.5. The zero-order chi connectivity index (χ0) is 13.2. The Bertz CT molecular complexity index is 449. The maximum Gasteiger partial charge on any atom is 0.323 e. The summed E-state index contributed by atoms with van der Waals surface area (Å²) in [5, 5.41) is 18.3. The number of aromatic hydroxyl groups is 1. The number of benzene rings is 1. The second kappa shape index (κ2) is 4.89. The van der Waals surface area contributed by atoms with Crippen LogP contribution < -0.4 is 5.73 Å². The fourth-order valence-corrected chi connectivity index (χ4v) is 1.74. The number of aliphatic carboxylic acids is 1. The number of halogens is 2. The molecular weight excluding hydrogens is 249 g/mol. The smallest absolute Gasteiger partial charge is 0.323 e. The molecule has 17 heavy (non-hydrogen) atoms. The molecule has 0 saturated carbocycles. The molecule has 0 aliphatic rings. The predicted molar refractivity (Wildman–Crippen MR) is 61.9 cm³/mol. The Morgan fingerprint density at radius 3 is 2.65 bits per heavy atom. The van der Waals surface area contributed by atoms with Gasteiger partial charge in [-0.1, -0.05) is 11.6 Å². The summed E-state index contributed by atoms with van der Waals surface area (Å²) in [7, 11) is 0. The zero-order valence-electron chi connectivity index (χ0n) is 9.20. The third kappa shape index (κ3) is 3.08. The molecule has 4 N–H and O–H groups in total. The summed E-state index contributed by atoms with van der Waals surface area (Å²) < 4.78 is 12.8. The predicted octanol–water partition coefficient (Wildman–Crippen LogP) is 1.86. The van der Waals surface area contributed by atoms with Crippen LogP contribution in [0, 0.1) is 0 Å². The number of phenols is 1. The molecular formula is C11H13ClFNO3. The highest BCUT2D eigenvalue weighted by Gasteiger charge is 2.30. The van der Waals surface area contributed by atoms with Crippen LogP contribution in [0.4, 0.5) is 4.39 Å². The average molecular weight is 262 g/mol. The second-order valence-electron chi connectivity index (χ2n) is 4.10. The second-order valence-corrected chi connectivity index (χ2v) is 4.51. The van der Waals surface area contributed by atoms with Crippen molar-refractivity contribution in [1.29, 1.82) is 0 Å². The molecule has 0 bridgehead atoms. The molecule has 1 aromatic carbocycles. The van der Waals surface area contributed by atoms with Crippen LogP contribution in [0.25, 0.3) is 0 Å². The highest BCUT2D eigenvalue weighted by Crippen LogP contribution is 2.29. The van der Waals surface area contributed by atoms with E-state index in [4.69, 9.17) is 22.4 Å². The Labute approximate surface area is 103 Å². The fraction of sp³-hybridized carbons (Fsp3) is 0.364. The number of carboxylic acid groups (broad SMARTS) is 1. The third-order valence-corrected chi connectivity index (χ3v) is 2.79. The van der Waals surface area contributed by atoms with Gasteiger partial charge < -0.3 is 15.9 Å². The summed E-state index contributed by atoms with van der Waals surface area (Å²) in [5.74, 6) is -1.37. The van der Waals surface area contributed by atoms with Crippen molar-refractivity contribution in [2.45, 2.75) is 25.6 Å². The van der Waals surface area contributed by atoms with E-state index in [9.17, 15) is 14.3 Å². The summed E-state index contributed by atoms with van der Waals surface area (Å²) in [4.78, 5) is 10.9. The van der Waals surface area contributed by atoms with Crippen molar-refractivity contribution in [3.8, 4) is 5.75 Å². The Balaban J connectivity index is 3.18. The molecule has 0 aromatic heterocycles. The summed E-state index contributed by atoms with van der Waals surface area (Å²) in [6, 6.07) is 2.44. The van der Waals surface area contributed by atoms with E-state index in [1.54, 1.807) is 0 Å². The van der Waals surface area contributed by atoms with E-state index in [-0.39, 0.29) is 22.8 Å². The number of rotatable bonds is 4. The summed E-state index contributed by atoms with van der Waals surface area (Å²) >= 11 is 5.85. The molecule has 4 nitrogen and oxygen atoms in total. The lowest BCUT2D eigenvalue weighted by Gasteiger charge is -2.21. The van der Waals surface area contributed by atoms with Crippen LogP contribution in [0.3, 0.4) is 0 Å². The molecule has 0 fully saturated rings. The minimum Gasteiger partial charge on any atom is -0.508 e. The number of carbonyl (C=O) groups is 1. The van der Waals surface area contributed by atoms with Crippen LogP contribution in [0.15, 0.2) is 12.1 Å². The number of hydrogen-bond acceptors (Lipinski definition) is 3. The number of phenolic OH excluding ortho intramolecular Hbond substituents is 1. The largest absolute Gasteiger partial charge is 0.508 e. The summed E-state index contributed by atoms with van der Waals surface area (Å²) in [6.45, 7) is 0.472. The number of alkyl halides is 1. The van der Waals surface area contributed by atoms with Gasteiger partial charge in [-0.05, 0) is 30.2 Å². The minimum absolute atomic E-state index is 0.107. The van der Waals surface area contributed by atoms with Crippen LogP contribution in [-0.2, 0) is 17.9 Å². The summed E-state index contributed by atoms with van der Waals surface area (Å²) in [5.41, 5.74) is 4.49. The monoisotopic (exact) mass is 261 g/mol. The molecule has 0 unspecified atom stereocenters. The van der Waals surface area contributed by atoms with Crippen LogP contribution >= 0.6 is 11.6 Å². The molecule has 0 radical (unpaired) electrons. The average Bonchev–Trinajstić information content (AvgIpc) is 2.21. The first-order valence-corrected chi connectivity index (χ1v) is 5.24. The van der Waals surface area contributed by atoms with Gasteiger partial charge in [0.05, 0.1) is 0 Å². The zero-order valence-corrected chi connectivity index (χ0v) is 9.96. The molecule has 1 atom stereocenters. The Kier molecular flexibility index (Phi) is 3.95. The first-order valence-electron chi connectivity index (χ1n) is 4.86. The quantitative estimate of drug-likeness (QED) is 0.772. The molecule has 0 aliphatic carbocycles. The molecule has 94 valence electrons. The van der Waals surface area contributed by atoms with Gasteiger partial charge in [-0.25, -0.2) is 4.39 Å². The van der Waals surface area contributed by atoms with Gasteiger partial charge in [0, 0.05) is 11.4 Å². The van der Waals surface area contributed by atoms with Crippen LogP contribution in [-0.4, -0.2) is 21.7 Å². The normalized spacial score (nSPS) is 14.4. The van der Waals surface area contributed by atoms with Crippen molar-refractivity contribution in [2.24, 2.45) is 5.73 Å². The summed E-state index contributed by atoms with van der Waals surface area (Å²) in [6.07, 6.45) is -0.110. The van der Waals surface area contributed by atoms with Gasteiger partial charge in [0.25, 0.3) is 0 Å². The molecule has 1 aromatic rings. The van der Waals surface area contributed by atoms with E-state index >= 15 is 0 Å². The van der Waals surface area contributed by atoms with Crippen LogP contribution in [0.5, 0.6) is 5.75 Å². The van der Waals surface area contributed by atoms with Crippen molar-refractivity contribution < 1.29 is 19.4 Å². The number of hydrogen-bond donors (Lipinski definition) is 3. The van der Waals surface area contributed by atoms with Gasteiger partial charge in [0.1, 0.15) is 18.0 Å². The van der Waals surface area contributed by atoms with Crippen molar-refractivity contribution in [2.75, 3.05) is 0 Å². The Morgan fingerprint density at radius 2 is 2.18 bits per heavy atom.